The van der Waals surface area contributed by atoms with E-state index in [-0.39, 0.29) is 12.2 Å². The van der Waals surface area contributed by atoms with Gasteiger partial charge in [-0.2, -0.15) is 0 Å². The molecule has 27 heavy (non-hydrogen) atoms. The standard InChI is InChI=1S/C23H21FO3/c1-26-22-10-6-18(15-19(22)11-12-25)21-14-17(5-9-23(21)27-2)13-16-3-7-20(24)8-4-16/h3-10,12,14-15H,11,13H2,1-2H3. The van der Waals surface area contributed by atoms with Crippen molar-refractivity contribution in [1.82, 2.24) is 0 Å². The van der Waals surface area contributed by atoms with Crippen LogP contribution in [0.1, 0.15) is 16.7 Å². The molecule has 3 aromatic carbocycles. The number of carbonyl (C=O) groups excluding carboxylic acids is 1. The molecule has 0 spiro atoms. The van der Waals surface area contributed by atoms with Gasteiger partial charge in [0.1, 0.15) is 23.6 Å². The van der Waals surface area contributed by atoms with Crippen LogP contribution in [-0.4, -0.2) is 20.5 Å². The van der Waals surface area contributed by atoms with E-state index >= 15 is 0 Å². The van der Waals surface area contributed by atoms with Gasteiger partial charge in [-0.05, 0) is 59.5 Å². The lowest BCUT2D eigenvalue weighted by molar-refractivity contribution is -0.107. The smallest absolute Gasteiger partial charge is 0.126 e. The number of aldehydes is 1. The second-order valence-electron chi connectivity index (χ2n) is 6.24. The Kier molecular flexibility index (Phi) is 5.87. The molecule has 0 aliphatic heterocycles. The molecule has 0 radical (unpaired) electrons. The normalized spacial score (nSPS) is 10.5. The van der Waals surface area contributed by atoms with E-state index in [1.165, 1.54) is 12.1 Å². The summed E-state index contributed by atoms with van der Waals surface area (Å²) in [5, 5.41) is 0. The van der Waals surface area contributed by atoms with Crippen molar-refractivity contribution in [2.45, 2.75) is 12.8 Å². The molecule has 0 aliphatic rings. The number of halogens is 1. The molecular formula is C23H21FO3. The van der Waals surface area contributed by atoms with E-state index in [1.807, 2.05) is 30.3 Å². The van der Waals surface area contributed by atoms with Crippen molar-refractivity contribution < 1.29 is 18.7 Å². The van der Waals surface area contributed by atoms with Crippen LogP contribution >= 0.6 is 0 Å². The summed E-state index contributed by atoms with van der Waals surface area (Å²) < 4.78 is 24.0. The highest BCUT2D eigenvalue weighted by atomic mass is 19.1. The Bertz CT molecular complexity index is 933. The molecule has 0 aromatic heterocycles. The molecule has 138 valence electrons. The zero-order chi connectivity index (χ0) is 19.2. The maximum Gasteiger partial charge on any atom is 0.126 e. The Labute approximate surface area is 158 Å². The molecule has 3 aromatic rings. The van der Waals surface area contributed by atoms with Gasteiger partial charge in [0.05, 0.1) is 14.2 Å². The summed E-state index contributed by atoms with van der Waals surface area (Å²) in [6, 6.07) is 18.3. The molecule has 0 fully saturated rings. The van der Waals surface area contributed by atoms with Crippen LogP contribution in [0.15, 0.2) is 60.7 Å². The molecule has 0 amide bonds. The SMILES string of the molecule is COc1ccc(-c2cc(Cc3ccc(F)cc3)ccc2OC)cc1CC=O. The quantitative estimate of drug-likeness (QED) is 0.563. The van der Waals surface area contributed by atoms with Crippen molar-refractivity contribution in [2.24, 2.45) is 0 Å². The highest BCUT2D eigenvalue weighted by molar-refractivity contribution is 5.74. The fraction of sp³-hybridized carbons (Fsp3) is 0.174. The monoisotopic (exact) mass is 364 g/mol. The van der Waals surface area contributed by atoms with Crippen LogP contribution in [0.25, 0.3) is 11.1 Å². The zero-order valence-electron chi connectivity index (χ0n) is 15.4. The fourth-order valence-corrected chi connectivity index (χ4v) is 3.12. The van der Waals surface area contributed by atoms with Crippen LogP contribution in [0.2, 0.25) is 0 Å². The van der Waals surface area contributed by atoms with Gasteiger partial charge in [0, 0.05) is 17.5 Å². The molecule has 0 N–H and O–H groups in total. The predicted molar refractivity (Wildman–Crippen MR) is 104 cm³/mol. The molecule has 0 bridgehead atoms. The highest BCUT2D eigenvalue weighted by Crippen LogP contribution is 2.34. The Morgan fingerprint density at radius 1 is 0.852 bits per heavy atom. The zero-order valence-corrected chi connectivity index (χ0v) is 15.4. The average Bonchev–Trinajstić information content (AvgIpc) is 2.70. The molecule has 0 aliphatic carbocycles. The minimum atomic E-state index is -0.241. The Morgan fingerprint density at radius 3 is 2.19 bits per heavy atom. The van der Waals surface area contributed by atoms with Gasteiger partial charge in [-0.25, -0.2) is 4.39 Å². The summed E-state index contributed by atoms with van der Waals surface area (Å²) in [5.41, 5.74) is 4.84. The minimum absolute atomic E-state index is 0.241. The molecule has 0 atom stereocenters. The van der Waals surface area contributed by atoms with E-state index < -0.39 is 0 Å². The van der Waals surface area contributed by atoms with Gasteiger partial charge in [0.2, 0.25) is 0 Å². The summed E-state index contributed by atoms with van der Waals surface area (Å²) in [5.74, 6) is 1.20. The second kappa shape index (κ2) is 8.49. The molecule has 3 rings (SSSR count). The largest absolute Gasteiger partial charge is 0.496 e. The number of carbonyl (C=O) groups is 1. The first-order chi connectivity index (χ1) is 13.1. The van der Waals surface area contributed by atoms with E-state index in [0.717, 1.165) is 39.9 Å². The van der Waals surface area contributed by atoms with Gasteiger partial charge >= 0.3 is 0 Å². The van der Waals surface area contributed by atoms with Crippen LogP contribution in [0.5, 0.6) is 11.5 Å². The Balaban J connectivity index is 1.99. The molecule has 0 saturated heterocycles. The van der Waals surface area contributed by atoms with Gasteiger partial charge in [-0.15, -0.1) is 0 Å². The van der Waals surface area contributed by atoms with Crippen molar-refractivity contribution >= 4 is 6.29 Å². The molecular weight excluding hydrogens is 343 g/mol. The number of benzene rings is 3. The van der Waals surface area contributed by atoms with Gasteiger partial charge in [-0.1, -0.05) is 24.3 Å². The van der Waals surface area contributed by atoms with Gasteiger partial charge < -0.3 is 14.3 Å². The van der Waals surface area contributed by atoms with Gasteiger partial charge in [-0.3, -0.25) is 0 Å². The first-order valence-corrected chi connectivity index (χ1v) is 8.67. The first kappa shape index (κ1) is 18.6. The summed E-state index contributed by atoms with van der Waals surface area (Å²) in [6.07, 6.45) is 1.84. The Hall–Kier alpha value is -3.14. The van der Waals surface area contributed by atoms with Crippen LogP contribution in [-0.2, 0) is 17.6 Å². The number of hydrogen-bond donors (Lipinski definition) is 0. The van der Waals surface area contributed by atoms with Crippen LogP contribution < -0.4 is 9.47 Å². The number of ether oxygens (including phenoxy) is 2. The third kappa shape index (κ3) is 4.34. The van der Waals surface area contributed by atoms with Crippen molar-refractivity contribution in [3.05, 3.63) is 83.2 Å². The summed E-state index contributed by atoms with van der Waals surface area (Å²) in [6.45, 7) is 0. The van der Waals surface area contributed by atoms with Gasteiger partial charge in [0.15, 0.2) is 0 Å². The average molecular weight is 364 g/mol. The number of rotatable bonds is 7. The number of methoxy groups -OCH3 is 2. The topological polar surface area (TPSA) is 35.5 Å². The van der Waals surface area contributed by atoms with E-state index in [4.69, 9.17) is 9.47 Å². The van der Waals surface area contributed by atoms with E-state index in [1.54, 1.807) is 26.4 Å². The third-order valence-electron chi connectivity index (χ3n) is 4.48. The summed E-state index contributed by atoms with van der Waals surface area (Å²) in [7, 11) is 3.22. The van der Waals surface area contributed by atoms with E-state index in [2.05, 4.69) is 6.07 Å². The molecule has 3 nitrogen and oxygen atoms in total. The Morgan fingerprint density at radius 2 is 1.52 bits per heavy atom. The fourth-order valence-electron chi connectivity index (χ4n) is 3.12. The lowest BCUT2D eigenvalue weighted by atomic mass is 9.96. The second-order valence-corrected chi connectivity index (χ2v) is 6.24. The molecule has 4 heteroatoms. The van der Waals surface area contributed by atoms with Crippen LogP contribution in [0, 0.1) is 5.82 Å². The third-order valence-corrected chi connectivity index (χ3v) is 4.48. The number of hydrogen-bond acceptors (Lipinski definition) is 3. The van der Waals surface area contributed by atoms with Crippen LogP contribution in [0.4, 0.5) is 4.39 Å². The minimum Gasteiger partial charge on any atom is -0.496 e. The maximum absolute atomic E-state index is 13.1. The lowest BCUT2D eigenvalue weighted by Crippen LogP contribution is -1.96. The van der Waals surface area contributed by atoms with Crippen molar-refractivity contribution in [2.75, 3.05) is 14.2 Å². The van der Waals surface area contributed by atoms with Gasteiger partial charge in [0.25, 0.3) is 0 Å². The summed E-state index contributed by atoms with van der Waals surface area (Å²) >= 11 is 0. The maximum atomic E-state index is 13.1. The molecule has 0 unspecified atom stereocenters. The molecule has 0 heterocycles. The first-order valence-electron chi connectivity index (χ1n) is 8.67. The highest BCUT2D eigenvalue weighted by Gasteiger charge is 2.11. The van der Waals surface area contributed by atoms with Crippen molar-refractivity contribution in [3.63, 3.8) is 0 Å². The predicted octanol–water partition coefficient (Wildman–Crippen LogP) is 4.84. The van der Waals surface area contributed by atoms with Crippen molar-refractivity contribution in [3.8, 4) is 22.6 Å². The molecule has 0 saturated carbocycles. The van der Waals surface area contributed by atoms with E-state index in [0.29, 0.717) is 12.2 Å². The van der Waals surface area contributed by atoms with E-state index in [9.17, 15) is 9.18 Å². The van der Waals surface area contributed by atoms with Crippen molar-refractivity contribution in [1.29, 1.82) is 0 Å². The van der Waals surface area contributed by atoms with Crippen LogP contribution in [0.3, 0.4) is 0 Å². The summed E-state index contributed by atoms with van der Waals surface area (Å²) in [4.78, 5) is 11.0. The lowest BCUT2D eigenvalue weighted by Gasteiger charge is -2.14.